The van der Waals surface area contributed by atoms with Crippen LogP contribution in [0.25, 0.3) is 0 Å². The van der Waals surface area contributed by atoms with E-state index in [0.29, 0.717) is 24.8 Å². The summed E-state index contributed by atoms with van der Waals surface area (Å²) in [7, 11) is -3.48. The fourth-order valence-corrected chi connectivity index (χ4v) is 3.90. The van der Waals surface area contributed by atoms with E-state index in [4.69, 9.17) is 0 Å². The van der Waals surface area contributed by atoms with Gasteiger partial charge in [-0.3, -0.25) is 19.2 Å². The molecule has 0 unspecified atom stereocenters. The monoisotopic (exact) mass is 569 g/mol. The zero-order chi connectivity index (χ0) is 29.8. The lowest BCUT2D eigenvalue weighted by Gasteiger charge is -2.25. The van der Waals surface area contributed by atoms with E-state index in [2.05, 4.69) is 37.8 Å². The number of nitrogens with zero attached hydrogens (tertiary/aromatic N) is 2. The van der Waals surface area contributed by atoms with Crippen molar-refractivity contribution in [2.45, 2.75) is 57.7 Å². The van der Waals surface area contributed by atoms with Crippen LogP contribution < -0.4 is 16.0 Å². The number of Topliss-reactive ketones (excluding diaryl/α,β-unsaturated/α-hetero) is 1. The Morgan fingerprint density at radius 3 is 2.12 bits per heavy atom. The molecule has 0 spiro atoms. The van der Waals surface area contributed by atoms with E-state index >= 15 is 0 Å². The molecule has 1 aromatic carbocycles. The first-order valence-corrected chi connectivity index (χ1v) is 14.6. The van der Waals surface area contributed by atoms with E-state index in [1.807, 2.05) is 30.3 Å². The summed E-state index contributed by atoms with van der Waals surface area (Å²) >= 11 is 0. The molecule has 0 saturated carbocycles. The fraction of sp³-hybridized carbons (Fsp3) is 0.429. The van der Waals surface area contributed by atoms with E-state index in [1.54, 1.807) is 20.8 Å². The van der Waals surface area contributed by atoms with Crippen molar-refractivity contribution in [2.75, 3.05) is 19.3 Å². The Balaban J connectivity index is 1.71. The van der Waals surface area contributed by atoms with Crippen molar-refractivity contribution >= 4 is 33.3 Å². The summed E-state index contributed by atoms with van der Waals surface area (Å²) in [5.74, 6) is 4.13. The lowest BCUT2D eigenvalue weighted by Crippen LogP contribution is -2.50. The fourth-order valence-electron chi connectivity index (χ4n) is 3.41. The largest absolute Gasteiger partial charge is 0.347 e. The van der Waals surface area contributed by atoms with Gasteiger partial charge in [0.1, 0.15) is 0 Å². The number of nitrogens with one attached hydrogen (secondary N) is 3. The summed E-state index contributed by atoms with van der Waals surface area (Å²) in [6.45, 7) is 4.73. The number of amides is 3. The zero-order valence-corrected chi connectivity index (χ0v) is 23.9. The van der Waals surface area contributed by atoms with Gasteiger partial charge >= 0.3 is 0 Å². The summed E-state index contributed by atoms with van der Waals surface area (Å²) < 4.78 is 22.7. The van der Waals surface area contributed by atoms with Crippen LogP contribution in [-0.4, -0.2) is 67.3 Å². The van der Waals surface area contributed by atoms with E-state index in [1.165, 1.54) is 12.4 Å². The van der Waals surface area contributed by atoms with Crippen LogP contribution in [0.4, 0.5) is 0 Å². The average molecular weight is 570 g/mol. The van der Waals surface area contributed by atoms with Crippen molar-refractivity contribution in [3.05, 3.63) is 53.9 Å². The lowest BCUT2D eigenvalue weighted by atomic mass is 9.84. The van der Waals surface area contributed by atoms with Crippen LogP contribution >= 0.6 is 0 Å². The van der Waals surface area contributed by atoms with Crippen LogP contribution in [0.3, 0.4) is 0 Å². The molecule has 2 aromatic rings. The van der Waals surface area contributed by atoms with E-state index < -0.39 is 33.1 Å². The minimum Gasteiger partial charge on any atom is -0.347 e. The van der Waals surface area contributed by atoms with Gasteiger partial charge in [0.2, 0.25) is 32.7 Å². The number of carbonyl (C=O) groups excluding carboxylic acids is 4. The van der Waals surface area contributed by atoms with Gasteiger partial charge < -0.3 is 16.0 Å². The van der Waals surface area contributed by atoms with Crippen molar-refractivity contribution in [1.29, 1.82) is 0 Å². The predicted octanol–water partition coefficient (Wildman–Crippen LogP) is 0.977. The van der Waals surface area contributed by atoms with Crippen LogP contribution in [-0.2, 0) is 35.4 Å². The molecule has 1 atom stereocenters. The van der Waals surface area contributed by atoms with E-state index in [9.17, 15) is 27.6 Å². The number of hydrogen-bond acceptors (Lipinski definition) is 8. The minimum atomic E-state index is -3.48. The summed E-state index contributed by atoms with van der Waals surface area (Å²) in [4.78, 5) is 57.0. The molecule has 0 bridgehead atoms. The molecule has 3 N–H and O–H groups in total. The molecule has 0 aliphatic rings. The third kappa shape index (κ3) is 11.7. The van der Waals surface area contributed by atoms with E-state index in [-0.39, 0.29) is 36.4 Å². The molecule has 0 radical (unpaired) electrons. The van der Waals surface area contributed by atoms with Crippen molar-refractivity contribution in [3.8, 4) is 11.8 Å². The van der Waals surface area contributed by atoms with Gasteiger partial charge in [0.05, 0.1) is 24.7 Å². The van der Waals surface area contributed by atoms with Crippen molar-refractivity contribution in [2.24, 2.45) is 5.41 Å². The number of benzene rings is 1. The van der Waals surface area contributed by atoms with Gasteiger partial charge in [0.25, 0.3) is 0 Å². The number of unbranched alkanes of at least 4 members (excludes halogenated alkanes) is 1. The molecule has 40 heavy (non-hydrogen) atoms. The molecule has 3 amide bonds. The Kier molecular flexibility index (Phi) is 11.9. The third-order valence-corrected chi connectivity index (χ3v) is 6.34. The molecular formula is C28H35N5O6S. The molecule has 0 fully saturated rings. The highest BCUT2D eigenvalue weighted by molar-refractivity contribution is 7.90. The second-order valence-corrected chi connectivity index (χ2v) is 12.1. The quantitative estimate of drug-likeness (QED) is 0.193. The highest BCUT2D eigenvalue weighted by Gasteiger charge is 2.30. The smallest absolute Gasteiger partial charge is 0.246 e. The molecule has 12 heteroatoms. The van der Waals surface area contributed by atoms with Gasteiger partial charge in [-0.05, 0) is 18.4 Å². The molecular weight excluding hydrogens is 534 g/mol. The average Bonchev–Trinajstić information content (AvgIpc) is 2.89. The van der Waals surface area contributed by atoms with Crippen LogP contribution in [0.5, 0.6) is 0 Å². The maximum atomic E-state index is 12.9. The Morgan fingerprint density at radius 1 is 0.925 bits per heavy atom. The summed E-state index contributed by atoms with van der Waals surface area (Å²) in [5.41, 5.74) is 0.693. The highest BCUT2D eigenvalue weighted by atomic mass is 32.2. The molecule has 0 saturated heterocycles. The van der Waals surface area contributed by atoms with Gasteiger partial charge in [-0.2, -0.15) is 0 Å². The first-order valence-electron chi connectivity index (χ1n) is 12.7. The molecule has 214 valence electrons. The SMILES string of the molecule is CC(C)(C)C(=O)[C@H](Cc1ccccc1)NC(=O)CNC(=O)CNC(=O)CCCC#Cc1cnc(S(C)(=O)=O)nc1. The summed E-state index contributed by atoms with van der Waals surface area (Å²) in [6.07, 6.45) is 4.95. The number of aromatic nitrogens is 2. The summed E-state index contributed by atoms with van der Waals surface area (Å²) in [6, 6.07) is 8.60. The molecule has 2 rings (SSSR count). The lowest BCUT2D eigenvalue weighted by molar-refractivity contribution is -0.132. The molecule has 0 aliphatic heterocycles. The normalized spacial score (nSPS) is 11.9. The van der Waals surface area contributed by atoms with Crippen LogP contribution in [0.2, 0.25) is 0 Å². The molecule has 0 aliphatic carbocycles. The minimum absolute atomic E-state index is 0.119. The predicted molar refractivity (Wildman–Crippen MR) is 148 cm³/mol. The second kappa shape index (κ2) is 14.9. The summed E-state index contributed by atoms with van der Waals surface area (Å²) in [5, 5.41) is 7.37. The van der Waals surface area contributed by atoms with Crippen molar-refractivity contribution < 1.29 is 27.6 Å². The topological polar surface area (TPSA) is 164 Å². The number of ketones is 1. The standard InChI is InChI=1S/C28H35N5O6S/c1-28(2,3)26(37)22(15-20-11-7-5-8-12-20)33-25(36)19-30-24(35)18-29-23(34)14-10-6-9-13-21-16-31-27(32-17-21)40(4,38)39/h5,7-8,11-12,16-17,22H,6,10,14-15,18-19H2,1-4H3,(H,29,34)(H,30,35)(H,33,36)/t22-/m0/s1. The Morgan fingerprint density at radius 2 is 1.52 bits per heavy atom. The van der Waals surface area contributed by atoms with Crippen LogP contribution in [0, 0.1) is 17.3 Å². The number of carbonyl (C=O) groups is 4. The Hall–Kier alpha value is -4.11. The van der Waals surface area contributed by atoms with Gasteiger partial charge in [-0.1, -0.05) is 62.9 Å². The van der Waals surface area contributed by atoms with Crippen molar-refractivity contribution in [3.63, 3.8) is 0 Å². The van der Waals surface area contributed by atoms with Crippen molar-refractivity contribution in [1.82, 2.24) is 25.9 Å². The molecule has 1 aromatic heterocycles. The Bertz CT molecular complexity index is 1360. The van der Waals surface area contributed by atoms with Gasteiger partial charge in [0, 0.05) is 36.9 Å². The van der Waals surface area contributed by atoms with Gasteiger partial charge in [0.15, 0.2) is 5.78 Å². The first kappa shape index (κ1) is 32.1. The molecule has 11 nitrogen and oxygen atoms in total. The number of hydrogen-bond donors (Lipinski definition) is 3. The van der Waals surface area contributed by atoms with E-state index in [0.717, 1.165) is 11.8 Å². The van der Waals surface area contributed by atoms with Gasteiger partial charge in [-0.25, -0.2) is 18.4 Å². The number of rotatable bonds is 12. The third-order valence-electron chi connectivity index (χ3n) is 5.46. The van der Waals surface area contributed by atoms with Crippen LogP contribution in [0.15, 0.2) is 47.9 Å². The molecule has 1 heterocycles. The maximum absolute atomic E-state index is 12.9. The zero-order valence-electron chi connectivity index (χ0n) is 23.1. The van der Waals surface area contributed by atoms with Gasteiger partial charge in [-0.15, -0.1) is 0 Å². The maximum Gasteiger partial charge on any atom is 0.246 e. The van der Waals surface area contributed by atoms with Crippen LogP contribution in [0.1, 0.15) is 51.2 Å². The number of sulfone groups is 1. The Labute approximate surface area is 234 Å². The first-order chi connectivity index (χ1) is 18.8. The second-order valence-electron chi connectivity index (χ2n) is 10.2. The highest BCUT2D eigenvalue weighted by Crippen LogP contribution is 2.19.